The van der Waals surface area contributed by atoms with Gasteiger partial charge in [-0.2, -0.15) is 0 Å². The molecule has 6 heteroatoms. The van der Waals surface area contributed by atoms with Crippen LogP contribution in [0.3, 0.4) is 0 Å². The van der Waals surface area contributed by atoms with Crippen molar-refractivity contribution in [2.24, 2.45) is 0 Å². The van der Waals surface area contributed by atoms with Crippen LogP contribution in [0, 0.1) is 0 Å². The van der Waals surface area contributed by atoms with Gasteiger partial charge < -0.3 is 15.3 Å². The van der Waals surface area contributed by atoms with Crippen molar-refractivity contribution in [3.63, 3.8) is 0 Å². The van der Waals surface area contributed by atoms with E-state index in [1.54, 1.807) is 6.20 Å². The molecule has 1 aromatic heterocycles. The highest BCUT2D eigenvalue weighted by Crippen LogP contribution is 2.15. The van der Waals surface area contributed by atoms with Crippen molar-refractivity contribution in [3.8, 4) is 0 Å². The molecule has 1 saturated heterocycles. The highest BCUT2D eigenvalue weighted by Gasteiger charge is 2.17. The second-order valence-electron chi connectivity index (χ2n) is 11.2. The minimum Gasteiger partial charge on any atom is -0.396 e. The minimum absolute atomic E-state index is 0.00451. The van der Waals surface area contributed by atoms with E-state index >= 15 is 0 Å². The summed E-state index contributed by atoms with van der Waals surface area (Å²) in [5, 5.41) is 11.8. The molecule has 0 aliphatic carbocycles. The van der Waals surface area contributed by atoms with E-state index in [1.165, 1.54) is 109 Å². The van der Waals surface area contributed by atoms with Gasteiger partial charge in [0.2, 0.25) is 0 Å². The standard InChI is InChI=1S/C32H58N4O2/c1-2-3-23-35-24-26-36(27-25-35)31-21-20-30(29-34-31)32(38)33-22-18-16-14-12-10-8-6-4-5-7-9-11-13-15-17-19-28-37/h20-21,29,37H,2-19,22-28H2,1H3,(H,33,38). The molecule has 0 aromatic carbocycles. The number of piperazine rings is 1. The molecule has 0 saturated carbocycles. The number of aliphatic hydroxyl groups excluding tert-OH is 1. The van der Waals surface area contributed by atoms with E-state index in [0.717, 1.165) is 51.4 Å². The fourth-order valence-electron chi connectivity index (χ4n) is 5.31. The third-order valence-electron chi connectivity index (χ3n) is 7.90. The van der Waals surface area contributed by atoms with Crippen molar-refractivity contribution in [2.45, 2.75) is 122 Å². The Morgan fingerprint density at radius 1 is 0.763 bits per heavy atom. The molecule has 2 heterocycles. The number of pyridine rings is 1. The summed E-state index contributed by atoms with van der Waals surface area (Å²) in [7, 11) is 0. The monoisotopic (exact) mass is 530 g/mol. The third-order valence-corrected chi connectivity index (χ3v) is 7.90. The van der Waals surface area contributed by atoms with Gasteiger partial charge in [0, 0.05) is 45.5 Å². The van der Waals surface area contributed by atoms with Crippen molar-refractivity contribution >= 4 is 11.7 Å². The maximum Gasteiger partial charge on any atom is 0.252 e. The largest absolute Gasteiger partial charge is 0.396 e. The Morgan fingerprint density at radius 2 is 1.29 bits per heavy atom. The smallest absolute Gasteiger partial charge is 0.252 e. The summed E-state index contributed by atoms with van der Waals surface area (Å²) in [6.45, 7) is 8.76. The van der Waals surface area contributed by atoms with Gasteiger partial charge in [-0.3, -0.25) is 9.69 Å². The van der Waals surface area contributed by atoms with Gasteiger partial charge in [-0.05, 0) is 37.9 Å². The number of carbonyl (C=O) groups is 1. The van der Waals surface area contributed by atoms with Crippen molar-refractivity contribution in [1.82, 2.24) is 15.2 Å². The highest BCUT2D eigenvalue weighted by atomic mass is 16.2. The van der Waals surface area contributed by atoms with Gasteiger partial charge in [-0.15, -0.1) is 0 Å². The Morgan fingerprint density at radius 3 is 1.76 bits per heavy atom. The first-order chi connectivity index (χ1) is 18.7. The van der Waals surface area contributed by atoms with Gasteiger partial charge in [0.05, 0.1) is 5.56 Å². The normalized spacial score (nSPS) is 14.2. The summed E-state index contributed by atoms with van der Waals surface area (Å²) >= 11 is 0. The van der Waals surface area contributed by atoms with Gasteiger partial charge in [-0.1, -0.05) is 103 Å². The Kier molecular flexibility index (Phi) is 19.0. The lowest BCUT2D eigenvalue weighted by Crippen LogP contribution is -2.46. The number of rotatable bonds is 23. The van der Waals surface area contributed by atoms with Crippen LogP contribution >= 0.6 is 0 Å². The topological polar surface area (TPSA) is 68.7 Å². The van der Waals surface area contributed by atoms with Crippen LogP contribution in [0.5, 0.6) is 0 Å². The summed E-state index contributed by atoms with van der Waals surface area (Å²) in [5.74, 6) is 0.980. The van der Waals surface area contributed by atoms with E-state index in [1.807, 2.05) is 12.1 Å². The summed E-state index contributed by atoms with van der Waals surface area (Å²) in [4.78, 5) is 21.9. The van der Waals surface area contributed by atoms with E-state index in [9.17, 15) is 4.79 Å². The third kappa shape index (κ3) is 15.1. The number of anilines is 1. The van der Waals surface area contributed by atoms with Gasteiger partial charge in [0.25, 0.3) is 5.91 Å². The first-order valence-corrected chi connectivity index (χ1v) is 16.1. The average molecular weight is 531 g/mol. The van der Waals surface area contributed by atoms with Crippen LogP contribution in [-0.4, -0.2) is 66.8 Å². The van der Waals surface area contributed by atoms with Crippen LogP contribution < -0.4 is 10.2 Å². The maximum atomic E-state index is 12.5. The van der Waals surface area contributed by atoms with Crippen molar-refractivity contribution < 1.29 is 9.90 Å². The number of nitrogens with zero attached hydrogens (tertiary/aromatic N) is 3. The van der Waals surface area contributed by atoms with Crippen LogP contribution in [0.15, 0.2) is 18.3 Å². The molecule has 2 rings (SSSR count). The molecule has 0 radical (unpaired) electrons. The zero-order valence-corrected chi connectivity index (χ0v) is 24.6. The summed E-state index contributed by atoms with van der Waals surface area (Å²) in [6, 6.07) is 3.92. The SMILES string of the molecule is CCCCN1CCN(c2ccc(C(=O)NCCCCCCCCCCCCCCCCCCO)cn2)CC1. The molecule has 1 amide bonds. The molecular weight excluding hydrogens is 472 g/mol. The number of hydrogen-bond donors (Lipinski definition) is 2. The zero-order chi connectivity index (χ0) is 27.1. The lowest BCUT2D eigenvalue weighted by Gasteiger charge is -2.35. The number of aliphatic hydroxyl groups is 1. The molecule has 1 fully saturated rings. The molecular formula is C32H58N4O2. The molecule has 0 bridgehead atoms. The lowest BCUT2D eigenvalue weighted by molar-refractivity contribution is 0.0952. The summed E-state index contributed by atoms with van der Waals surface area (Å²) in [5.41, 5.74) is 0.661. The Bertz CT molecular complexity index is 689. The molecule has 1 aliphatic rings. The van der Waals surface area contributed by atoms with Gasteiger partial charge >= 0.3 is 0 Å². The summed E-state index contributed by atoms with van der Waals surface area (Å²) in [6.07, 6.45) is 24.9. The molecule has 1 aromatic rings. The van der Waals surface area contributed by atoms with Crippen LogP contribution in [-0.2, 0) is 0 Å². The summed E-state index contributed by atoms with van der Waals surface area (Å²) < 4.78 is 0. The predicted molar refractivity (Wildman–Crippen MR) is 161 cm³/mol. The Balaban J connectivity index is 1.39. The fourth-order valence-corrected chi connectivity index (χ4v) is 5.31. The van der Waals surface area contributed by atoms with E-state index < -0.39 is 0 Å². The van der Waals surface area contributed by atoms with Crippen molar-refractivity contribution in [2.75, 3.05) is 50.8 Å². The van der Waals surface area contributed by atoms with E-state index in [4.69, 9.17) is 5.11 Å². The highest BCUT2D eigenvalue weighted by molar-refractivity contribution is 5.94. The molecule has 218 valence electrons. The molecule has 6 nitrogen and oxygen atoms in total. The quantitative estimate of drug-likeness (QED) is 0.150. The number of unbranched alkanes of at least 4 members (excludes halogenated alkanes) is 16. The molecule has 38 heavy (non-hydrogen) atoms. The maximum absolute atomic E-state index is 12.5. The average Bonchev–Trinajstić information content (AvgIpc) is 2.95. The first kappa shape index (κ1) is 32.6. The van der Waals surface area contributed by atoms with E-state index in [0.29, 0.717) is 12.2 Å². The van der Waals surface area contributed by atoms with E-state index in [2.05, 4.69) is 27.0 Å². The molecule has 0 atom stereocenters. The Labute approximate surface area is 234 Å². The van der Waals surface area contributed by atoms with Crippen LogP contribution in [0.25, 0.3) is 0 Å². The van der Waals surface area contributed by atoms with E-state index in [-0.39, 0.29) is 5.91 Å². The minimum atomic E-state index is -0.00451. The van der Waals surface area contributed by atoms with Crippen molar-refractivity contribution in [1.29, 1.82) is 0 Å². The molecule has 2 N–H and O–H groups in total. The lowest BCUT2D eigenvalue weighted by atomic mass is 10.0. The predicted octanol–water partition coefficient (Wildman–Crippen LogP) is 6.97. The number of nitrogens with one attached hydrogen (secondary N) is 1. The number of carbonyl (C=O) groups excluding carboxylic acids is 1. The Hall–Kier alpha value is -1.66. The second kappa shape index (κ2) is 22.2. The van der Waals surface area contributed by atoms with Crippen LogP contribution in [0.4, 0.5) is 5.82 Å². The van der Waals surface area contributed by atoms with Crippen molar-refractivity contribution in [3.05, 3.63) is 23.9 Å². The van der Waals surface area contributed by atoms with Crippen LogP contribution in [0.1, 0.15) is 133 Å². The van der Waals surface area contributed by atoms with Crippen LogP contribution in [0.2, 0.25) is 0 Å². The number of amides is 1. The fraction of sp³-hybridized carbons (Fsp3) is 0.812. The molecule has 1 aliphatic heterocycles. The van der Waals surface area contributed by atoms with Gasteiger partial charge in [0.15, 0.2) is 0 Å². The molecule has 0 unspecified atom stereocenters. The second-order valence-corrected chi connectivity index (χ2v) is 11.2. The first-order valence-electron chi connectivity index (χ1n) is 16.1. The van der Waals surface area contributed by atoms with Gasteiger partial charge in [-0.25, -0.2) is 4.98 Å². The zero-order valence-electron chi connectivity index (χ0n) is 24.6. The molecule has 0 spiro atoms. The number of aromatic nitrogens is 1. The number of hydrogen-bond acceptors (Lipinski definition) is 5. The van der Waals surface area contributed by atoms with Gasteiger partial charge in [0.1, 0.15) is 5.82 Å².